The molecule has 1 heterocycles. The largest absolute Gasteiger partial charge is 0.493 e. The maximum Gasteiger partial charge on any atom is 0.233 e. The fraction of sp³-hybridized carbons (Fsp3) is 0.300. The van der Waals surface area contributed by atoms with Crippen molar-refractivity contribution in [2.75, 3.05) is 27.3 Å². The van der Waals surface area contributed by atoms with Crippen molar-refractivity contribution in [3.05, 3.63) is 59.4 Å². The Bertz CT molecular complexity index is 857. The zero-order valence-corrected chi connectivity index (χ0v) is 16.1. The second-order valence-electron chi connectivity index (χ2n) is 5.99. The number of thioether (sulfide) groups is 1. The number of amidine groups is 1. The topological polar surface area (TPSA) is 51.1 Å². The van der Waals surface area contributed by atoms with Gasteiger partial charge in [-0.2, -0.15) is 0 Å². The number of hydrogen-bond acceptors (Lipinski definition) is 5. The summed E-state index contributed by atoms with van der Waals surface area (Å²) < 4.78 is 23.8. The van der Waals surface area contributed by atoms with Crippen LogP contribution in [-0.2, 0) is 17.0 Å². The molecule has 0 atom stereocenters. The number of carbonyl (C=O) groups is 1. The Morgan fingerprint density at radius 3 is 2.70 bits per heavy atom. The lowest BCUT2D eigenvalue weighted by Crippen LogP contribution is -2.34. The van der Waals surface area contributed by atoms with Crippen LogP contribution >= 0.6 is 11.8 Å². The molecule has 0 unspecified atom stereocenters. The van der Waals surface area contributed by atoms with Crippen molar-refractivity contribution in [3.63, 3.8) is 0 Å². The second kappa shape index (κ2) is 8.90. The number of carbonyl (C=O) groups excluding carboxylic acids is 1. The minimum absolute atomic E-state index is 0.0230. The van der Waals surface area contributed by atoms with Gasteiger partial charge in [0.1, 0.15) is 5.82 Å². The molecule has 142 valence electrons. The van der Waals surface area contributed by atoms with E-state index in [0.717, 1.165) is 11.1 Å². The van der Waals surface area contributed by atoms with Gasteiger partial charge in [-0.15, -0.1) is 0 Å². The highest BCUT2D eigenvalue weighted by Crippen LogP contribution is 2.28. The average molecular weight is 388 g/mol. The van der Waals surface area contributed by atoms with Crippen molar-refractivity contribution in [2.24, 2.45) is 4.99 Å². The first kappa shape index (κ1) is 19.2. The van der Waals surface area contributed by atoms with Crippen LogP contribution in [0.5, 0.6) is 11.5 Å². The summed E-state index contributed by atoms with van der Waals surface area (Å²) in [5.74, 6) is 1.51. The van der Waals surface area contributed by atoms with Gasteiger partial charge in [0.05, 0.1) is 27.2 Å². The highest BCUT2D eigenvalue weighted by Gasteiger charge is 2.24. The summed E-state index contributed by atoms with van der Waals surface area (Å²) in [6, 6.07) is 11.9. The number of methoxy groups -OCH3 is 2. The lowest BCUT2D eigenvalue weighted by Gasteiger charge is -2.18. The number of aliphatic imine (C=N–C) groups is 1. The molecule has 0 radical (unpaired) electrons. The van der Waals surface area contributed by atoms with Crippen molar-refractivity contribution in [1.29, 1.82) is 0 Å². The Kier molecular flexibility index (Phi) is 6.34. The minimum Gasteiger partial charge on any atom is -0.493 e. The predicted octanol–water partition coefficient (Wildman–Crippen LogP) is 3.52. The van der Waals surface area contributed by atoms with Crippen LogP contribution in [-0.4, -0.2) is 43.3 Å². The minimum atomic E-state index is -0.261. The van der Waals surface area contributed by atoms with Gasteiger partial charge in [0, 0.05) is 12.3 Å². The third kappa shape index (κ3) is 4.80. The predicted molar refractivity (Wildman–Crippen MR) is 105 cm³/mol. The Hall–Kier alpha value is -2.54. The number of benzene rings is 2. The molecular weight excluding hydrogens is 367 g/mol. The Balaban J connectivity index is 1.63. The first-order chi connectivity index (χ1) is 13.1. The summed E-state index contributed by atoms with van der Waals surface area (Å²) in [5, 5.41) is 0.685. The summed E-state index contributed by atoms with van der Waals surface area (Å²) in [6.07, 6.45) is 0.250. The molecule has 0 spiro atoms. The van der Waals surface area contributed by atoms with Gasteiger partial charge in [-0.25, -0.2) is 4.39 Å². The molecule has 0 aromatic heterocycles. The molecule has 0 bridgehead atoms. The number of rotatable bonds is 6. The number of amides is 1. The van der Waals surface area contributed by atoms with Crippen LogP contribution in [0.1, 0.15) is 11.1 Å². The molecule has 0 fully saturated rings. The van der Waals surface area contributed by atoms with E-state index in [1.807, 2.05) is 18.2 Å². The van der Waals surface area contributed by atoms with Gasteiger partial charge in [-0.3, -0.25) is 14.7 Å². The molecule has 0 saturated heterocycles. The quantitative estimate of drug-likeness (QED) is 0.760. The molecule has 0 saturated carbocycles. The first-order valence-electron chi connectivity index (χ1n) is 8.53. The van der Waals surface area contributed by atoms with Crippen LogP contribution in [0.15, 0.2) is 47.5 Å². The van der Waals surface area contributed by atoms with Crippen LogP contribution in [0.4, 0.5) is 4.39 Å². The fourth-order valence-corrected chi connectivity index (χ4v) is 3.82. The third-order valence-electron chi connectivity index (χ3n) is 4.16. The Labute approximate surface area is 162 Å². The summed E-state index contributed by atoms with van der Waals surface area (Å²) in [6.45, 7) is 1.15. The third-order valence-corrected chi connectivity index (χ3v) is 5.25. The summed E-state index contributed by atoms with van der Waals surface area (Å²) in [4.78, 5) is 18.9. The van der Waals surface area contributed by atoms with E-state index in [2.05, 4.69) is 4.99 Å². The Morgan fingerprint density at radius 2 is 1.96 bits per heavy atom. The second-order valence-corrected chi connectivity index (χ2v) is 6.94. The maximum absolute atomic E-state index is 13.3. The van der Waals surface area contributed by atoms with E-state index in [4.69, 9.17) is 9.47 Å². The first-order valence-corrected chi connectivity index (χ1v) is 9.52. The maximum atomic E-state index is 13.3. The summed E-state index contributed by atoms with van der Waals surface area (Å²) in [5.41, 5.74) is 1.71. The number of nitrogens with zero attached hydrogens (tertiary/aromatic N) is 2. The molecule has 0 N–H and O–H groups in total. The van der Waals surface area contributed by atoms with Crippen molar-refractivity contribution in [3.8, 4) is 11.5 Å². The normalized spacial score (nSPS) is 13.4. The highest BCUT2D eigenvalue weighted by molar-refractivity contribution is 8.13. The smallest absolute Gasteiger partial charge is 0.233 e. The molecule has 27 heavy (non-hydrogen) atoms. The monoisotopic (exact) mass is 388 g/mol. The lowest BCUT2D eigenvalue weighted by molar-refractivity contribution is -0.126. The van der Waals surface area contributed by atoms with Gasteiger partial charge in [0.15, 0.2) is 16.7 Å². The molecular formula is C20H21FN2O3S. The van der Waals surface area contributed by atoms with E-state index < -0.39 is 0 Å². The standard InChI is InChI=1S/C20H21FN2O3S/c1-25-17-7-6-14(11-18(17)26-2)12-19(24)23-9-8-22-20(23)27-13-15-4-3-5-16(21)10-15/h3-7,10-11H,8-9,12-13H2,1-2H3. The molecule has 1 amide bonds. The molecule has 7 heteroatoms. The van der Waals surface area contributed by atoms with Crippen LogP contribution < -0.4 is 9.47 Å². The van der Waals surface area contributed by atoms with Crippen molar-refractivity contribution < 1.29 is 18.7 Å². The molecule has 0 aliphatic carbocycles. The van der Waals surface area contributed by atoms with Crippen LogP contribution in [0, 0.1) is 5.82 Å². The highest BCUT2D eigenvalue weighted by atomic mass is 32.2. The van der Waals surface area contributed by atoms with Crippen LogP contribution in [0.3, 0.4) is 0 Å². The molecule has 2 aromatic carbocycles. The van der Waals surface area contributed by atoms with Gasteiger partial charge in [-0.1, -0.05) is 30.0 Å². The Morgan fingerprint density at radius 1 is 1.15 bits per heavy atom. The zero-order valence-electron chi connectivity index (χ0n) is 15.3. The zero-order chi connectivity index (χ0) is 19.2. The van der Waals surface area contributed by atoms with E-state index in [1.165, 1.54) is 23.9 Å². The number of halogens is 1. The fourth-order valence-electron chi connectivity index (χ4n) is 2.82. The van der Waals surface area contributed by atoms with Crippen molar-refractivity contribution in [2.45, 2.75) is 12.2 Å². The van der Waals surface area contributed by atoms with E-state index in [0.29, 0.717) is 35.5 Å². The summed E-state index contributed by atoms with van der Waals surface area (Å²) >= 11 is 1.45. The number of ether oxygens (including phenoxy) is 2. The van der Waals surface area contributed by atoms with Gasteiger partial charge >= 0.3 is 0 Å². The van der Waals surface area contributed by atoms with Crippen molar-refractivity contribution >= 4 is 22.8 Å². The van der Waals surface area contributed by atoms with E-state index >= 15 is 0 Å². The average Bonchev–Trinajstić information content (AvgIpc) is 3.15. The molecule has 1 aliphatic rings. The van der Waals surface area contributed by atoms with Gasteiger partial charge in [0.2, 0.25) is 5.91 Å². The van der Waals surface area contributed by atoms with Gasteiger partial charge in [-0.05, 0) is 35.4 Å². The van der Waals surface area contributed by atoms with E-state index in [-0.39, 0.29) is 18.1 Å². The SMILES string of the molecule is COc1ccc(CC(=O)N2CCN=C2SCc2cccc(F)c2)cc1OC. The molecule has 1 aliphatic heterocycles. The molecule has 5 nitrogen and oxygen atoms in total. The van der Waals surface area contributed by atoms with Crippen LogP contribution in [0.2, 0.25) is 0 Å². The summed E-state index contributed by atoms with van der Waals surface area (Å²) in [7, 11) is 3.14. The number of hydrogen-bond donors (Lipinski definition) is 0. The van der Waals surface area contributed by atoms with Gasteiger partial charge in [0.25, 0.3) is 0 Å². The van der Waals surface area contributed by atoms with Crippen LogP contribution in [0.25, 0.3) is 0 Å². The lowest BCUT2D eigenvalue weighted by atomic mass is 10.1. The molecule has 2 aromatic rings. The van der Waals surface area contributed by atoms with Gasteiger partial charge < -0.3 is 9.47 Å². The van der Waals surface area contributed by atoms with E-state index in [9.17, 15) is 9.18 Å². The van der Waals surface area contributed by atoms with Crippen molar-refractivity contribution in [1.82, 2.24) is 4.90 Å². The molecule has 3 rings (SSSR count). The van der Waals surface area contributed by atoms with E-state index in [1.54, 1.807) is 31.3 Å².